The lowest BCUT2D eigenvalue weighted by Gasteiger charge is -2.11. The van der Waals surface area contributed by atoms with Gasteiger partial charge in [-0.25, -0.2) is 4.98 Å². The van der Waals surface area contributed by atoms with Crippen LogP contribution in [0.2, 0.25) is 0 Å². The normalized spacial score (nSPS) is 12.1. The van der Waals surface area contributed by atoms with Gasteiger partial charge in [0.25, 0.3) is 0 Å². The van der Waals surface area contributed by atoms with Gasteiger partial charge in [-0.05, 0) is 26.0 Å². The molecule has 0 spiro atoms. The Morgan fingerprint density at radius 3 is 2.79 bits per heavy atom. The van der Waals surface area contributed by atoms with Crippen LogP contribution >= 0.6 is 0 Å². The molecule has 19 heavy (non-hydrogen) atoms. The molecule has 1 N–H and O–H groups in total. The first-order chi connectivity index (χ1) is 9.22. The fourth-order valence-electron chi connectivity index (χ4n) is 2.01. The molecule has 0 aliphatic heterocycles. The van der Waals surface area contributed by atoms with Crippen LogP contribution in [-0.2, 0) is 6.54 Å². The van der Waals surface area contributed by atoms with Crippen LogP contribution in [0, 0.1) is 24.2 Å². The smallest absolute Gasteiger partial charge is 0.110 e. The molecular weight excluding hydrogens is 236 g/mol. The van der Waals surface area contributed by atoms with E-state index < -0.39 is 0 Å². The number of para-hydroxylation sites is 1. The Hall–Kier alpha value is -2.12. The Labute approximate surface area is 113 Å². The average molecular weight is 254 g/mol. The Balaban J connectivity index is 2.13. The predicted molar refractivity (Wildman–Crippen MR) is 74.8 cm³/mol. The Morgan fingerprint density at radius 2 is 2.11 bits per heavy atom. The van der Waals surface area contributed by atoms with Gasteiger partial charge in [-0.1, -0.05) is 18.2 Å². The third-order valence-electron chi connectivity index (χ3n) is 3.00. The van der Waals surface area contributed by atoms with Gasteiger partial charge < -0.3 is 5.32 Å². The molecule has 2 aromatic rings. The standard InChI is InChI=1S/C15H18N4/c1-12(8-16)9-17-10-15-11-18-13(2)19(15)14-6-4-3-5-7-14/h3-7,11-12,17H,9-10H2,1-2H3. The van der Waals surface area contributed by atoms with Crippen molar-refractivity contribution in [3.63, 3.8) is 0 Å². The van der Waals surface area contributed by atoms with Crippen LogP contribution in [-0.4, -0.2) is 16.1 Å². The minimum atomic E-state index is 0.0224. The number of nitrogens with one attached hydrogen (secondary N) is 1. The summed E-state index contributed by atoms with van der Waals surface area (Å²) in [6.07, 6.45) is 1.88. The average Bonchev–Trinajstić information content (AvgIpc) is 2.80. The fraction of sp³-hybridized carbons (Fsp3) is 0.333. The van der Waals surface area contributed by atoms with Crippen molar-refractivity contribution in [2.24, 2.45) is 5.92 Å². The topological polar surface area (TPSA) is 53.6 Å². The highest BCUT2D eigenvalue weighted by molar-refractivity contribution is 5.35. The van der Waals surface area contributed by atoms with Crippen molar-refractivity contribution < 1.29 is 0 Å². The van der Waals surface area contributed by atoms with Crippen LogP contribution < -0.4 is 5.32 Å². The molecule has 1 heterocycles. The summed E-state index contributed by atoms with van der Waals surface area (Å²) >= 11 is 0. The van der Waals surface area contributed by atoms with Crippen LogP contribution in [0.4, 0.5) is 0 Å². The highest BCUT2D eigenvalue weighted by Crippen LogP contribution is 2.14. The monoisotopic (exact) mass is 254 g/mol. The zero-order chi connectivity index (χ0) is 13.7. The molecule has 1 aromatic heterocycles. The van der Waals surface area contributed by atoms with Crippen molar-refractivity contribution in [3.05, 3.63) is 48.0 Å². The molecule has 0 bridgehead atoms. The minimum absolute atomic E-state index is 0.0224. The quantitative estimate of drug-likeness (QED) is 0.891. The molecule has 1 unspecified atom stereocenters. The zero-order valence-corrected chi connectivity index (χ0v) is 11.3. The first-order valence-electron chi connectivity index (χ1n) is 6.41. The van der Waals surface area contributed by atoms with E-state index in [2.05, 4.69) is 33.1 Å². The lowest BCUT2D eigenvalue weighted by molar-refractivity contribution is 0.590. The number of hydrogen-bond donors (Lipinski definition) is 1. The Kier molecular flexibility index (Phi) is 4.32. The van der Waals surface area contributed by atoms with Gasteiger partial charge >= 0.3 is 0 Å². The molecule has 0 aliphatic carbocycles. The lowest BCUT2D eigenvalue weighted by Crippen LogP contribution is -2.21. The van der Waals surface area contributed by atoms with E-state index in [9.17, 15) is 0 Å². The van der Waals surface area contributed by atoms with Gasteiger partial charge in [0.05, 0.1) is 23.9 Å². The summed E-state index contributed by atoms with van der Waals surface area (Å²) in [7, 11) is 0. The van der Waals surface area contributed by atoms with E-state index >= 15 is 0 Å². The van der Waals surface area contributed by atoms with Crippen molar-refractivity contribution in [1.29, 1.82) is 5.26 Å². The summed E-state index contributed by atoms with van der Waals surface area (Å²) in [5, 5.41) is 12.1. The van der Waals surface area contributed by atoms with Gasteiger partial charge in [0.1, 0.15) is 5.82 Å². The second-order valence-electron chi connectivity index (χ2n) is 4.63. The van der Waals surface area contributed by atoms with E-state index in [1.165, 1.54) is 0 Å². The number of aromatic nitrogens is 2. The number of nitrogens with zero attached hydrogens (tertiary/aromatic N) is 3. The highest BCUT2D eigenvalue weighted by atomic mass is 15.1. The molecule has 2 rings (SSSR count). The molecular formula is C15H18N4. The zero-order valence-electron chi connectivity index (χ0n) is 11.3. The summed E-state index contributed by atoms with van der Waals surface area (Å²) in [4.78, 5) is 4.37. The van der Waals surface area contributed by atoms with Crippen LogP contribution in [0.5, 0.6) is 0 Å². The first-order valence-corrected chi connectivity index (χ1v) is 6.41. The second kappa shape index (κ2) is 6.17. The van der Waals surface area contributed by atoms with Crippen LogP contribution in [0.3, 0.4) is 0 Å². The molecule has 0 aliphatic rings. The van der Waals surface area contributed by atoms with Gasteiger partial charge in [-0.15, -0.1) is 0 Å². The molecule has 1 atom stereocenters. The van der Waals surface area contributed by atoms with Crippen LogP contribution in [0.25, 0.3) is 5.69 Å². The van der Waals surface area contributed by atoms with Crippen molar-refractivity contribution in [2.45, 2.75) is 20.4 Å². The molecule has 4 nitrogen and oxygen atoms in total. The van der Waals surface area contributed by atoms with Gasteiger partial charge in [0.2, 0.25) is 0 Å². The largest absolute Gasteiger partial charge is 0.310 e. The molecule has 0 saturated carbocycles. The highest BCUT2D eigenvalue weighted by Gasteiger charge is 2.08. The summed E-state index contributed by atoms with van der Waals surface area (Å²) < 4.78 is 2.13. The molecule has 0 fully saturated rings. The maximum Gasteiger partial charge on any atom is 0.110 e. The summed E-state index contributed by atoms with van der Waals surface area (Å²) in [5.74, 6) is 0.991. The van der Waals surface area contributed by atoms with E-state index in [1.807, 2.05) is 38.2 Å². The van der Waals surface area contributed by atoms with E-state index in [0.29, 0.717) is 13.1 Å². The fourth-order valence-corrected chi connectivity index (χ4v) is 2.01. The summed E-state index contributed by atoms with van der Waals surface area (Å²) in [6.45, 7) is 5.30. The molecule has 1 aromatic carbocycles. The third kappa shape index (κ3) is 3.21. The summed E-state index contributed by atoms with van der Waals surface area (Å²) in [5.41, 5.74) is 2.22. The number of nitriles is 1. The van der Waals surface area contributed by atoms with E-state index in [0.717, 1.165) is 17.2 Å². The molecule has 98 valence electrons. The second-order valence-corrected chi connectivity index (χ2v) is 4.63. The molecule has 0 radical (unpaired) electrons. The number of rotatable bonds is 5. The summed E-state index contributed by atoms with van der Waals surface area (Å²) in [6, 6.07) is 12.4. The number of aryl methyl sites for hydroxylation is 1. The van der Waals surface area contributed by atoms with Crippen LogP contribution in [0.15, 0.2) is 36.5 Å². The third-order valence-corrected chi connectivity index (χ3v) is 3.00. The van der Waals surface area contributed by atoms with E-state index in [-0.39, 0.29) is 5.92 Å². The lowest BCUT2D eigenvalue weighted by atomic mass is 10.2. The first kappa shape index (κ1) is 13.3. The Morgan fingerprint density at radius 1 is 1.37 bits per heavy atom. The SMILES string of the molecule is Cc1ncc(CNCC(C)C#N)n1-c1ccccc1. The van der Waals surface area contributed by atoms with Crippen molar-refractivity contribution in [1.82, 2.24) is 14.9 Å². The molecule has 0 saturated heterocycles. The van der Waals surface area contributed by atoms with Crippen molar-refractivity contribution in [3.8, 4) is 11.8 Å². The van der Waals surface area contributed by atoms with Crippen molar-refractivity contribution >= 4 is 0 Å². The number of imidazole rings is 1. The minimum Gasteiger partial charge on any atom is -0.310 e. The van der Waals surface area contributed by atoms with E-state index in [4.69, 9.17) is 5.26 Å². The van der Waals surface area contributed by atoms with Crippen molar-refractivity contribution in [2.75, 3.05) is 6.54 Å². The number of benzene rings is 1. The van der Waals surface area contributed by atoms with Gasteiger partial charge in [-0.2, -0.15) is 5.26 Å². The number of hydrogen-bond acceptors (Lipinski definition) is 3. The van der Waals surface area contributed by atoms with Gasteiger partial charge in [-0.3, -0.25) is 4.57 Å². The Bertz CT molecular complexity index is 566. The van der Waals surface area contributed by atoms with E-state index in [1.54, 1.807) is 0 Å². The maximum atomic E-state index is 8.76. The van der Waals surface area contributed by atoms with Gasteiger partial charge in [0, 0.05) is 18.8 Å². The predicted octanol–water partition coefficient (Wildman–Crippen LogP) is 2.43. The maximum absolute atomic E-state index is 8.76. The molecule has 0 amide bonds. The molecule has 4 heteroatoms. The van der Waals surface area contributed by atoms with Crippen LogP contribution in [0.1, 0.15) is 18.4 Å². The van der Waals surface area contributed by atoms with Gasteiger partial charge in [0.15, 0.2) is 0 Å².